The molecule has 0 spiro atoms. The zero-order chi connectivity index (χ0) is 25.1. The molecule has 198 valence electrons. The van der Waals surface area contributed by atoms with Crippen molar-refractivity contribution in [2.24, 2.45) is 0 Å². The van der Waals surface area contributed by atoms with Crippen LogP contribution in [0.3, 0.4) is 0 Å². The Morgan fingerprint density at radius 2 is 1.15 bits per heavy atom. The molecule has 0 aliphatic heterocycles. The van der Waals surface area contributed by atoms with Gasteiger partial charge >= 0.3 is 0 Å². The fourth-order valence-corrected chi connectivity index (χ4v) is 5.62. The average molecular weight is 496 g/mol. The van der Waals surface area contributed by atoms with Crippen LogP contribution in [0, 0.1) is 0 Å². The predicted molar refractivity (Wildman–Crippen MR) is 149 cm³/mol. The van der Waals surface area contributed by atoms with Gasteiger partial charge in [-0.2, -0.15) is 0 Å². The van der Waals surface area contributed by atoms with Crippen molar-refractivity contribution in [3.8, 4) is 0 Å². The second-order valence-corrected chi connectivity index (χ2v) is 11.4. The van der Waals surface area contributed by atoms with E-state index in [1.807, 2.05) is 6.07 Å². The molecule has 0 fully saturated rings. The minimum Gasteiger partial charge on any atom is -0.397 e. The highest BCUT2D eigenvalue weighted by Crippen LogP contribution is 2.26. The molecule has 0 aliphatic rings. The maximum Gasteiger partial charge on any atom is 0.240 e. The number of nitrogen functional groups attached to an aromatic ring is 1. The first-order valence-corrected chi connectivity index (χ1v) is 15.6. The number of nitrogens with zero attached hydrogens (tertiary/aromatic N) is 1. The van der Waals surface area contributed by atoms with Gasteiger partial charge in [-0.05, 0) is 38.5 Å². The SMILES string of the molecule is CCCCCCCCCCCCCCCCCCNS(=O)(=O)c1ccc(N(CC)CC)c(N)c1. The Hall–Kier alpha value is -1.27. The van der Waals surface area contributed by atoms with E-state index in [1.165, 1.54) is 89.9 Å². The summed E-state index contributed by atoms with van der Waals surface area (Å²) >= 11 is 0. The summed E-state index contributed by atoms with van der Waals surface area (Å²) in [4.78, 5) is 2.37. The van der Waals surface area contributed by atoms with Crippen molar-refractivity contribution < 1.29 is 8.42 Å². The quantitative estimate of drug-likeness (QED) is 0.128. The van der Waals surface area contributed by atoms with Crippen molar-refractivity contribution in [3.63, 3.8) is 0 Å². The van der Waals surface area contributed by atoms with E-state index in [4.69, 9.17) is 5.73 Å². The van der Waals surface area contributed by atoms with Crippen molar-refractivity contribution in [1.82, 2.24) is 4.72 Å². The van der Waals surface area contributed by atoms with Gasteiger partial charge in [-0.3, -0.25) is 0 Å². The second kappa shape index (κ2) is 19.0. The Morgan fingerprint density at radius 3 is 1.56 bits per heavy atom. The van der Waals surface area contributed by atoms with Crippen LogP contribution in [0.15, 0.2) is 23.1 Å². The first-order valence-electron chi connectivity index (χ1n) is 14.1. The summed E-state index contributed by atoms with van der Waals surface area (Å²) in [7, 11) is -3.51. The normalized spacial score (nSPS) is 11.7. The van der Waals surface area contributed by atoms with Crippen LogP contribution in [0.2, 0.25) is 0 Å². The van der Waals surface area contributed by atoms with E-state index in [2.05, 4.69) is 30.4 Å². The summed E-state index contributed by atoms with van der Waals surface area (Å²) in [5.74, 6) is 0. The van der Waals surface area contributed by atoms with E-state index in [1.54, 1.807) is 12.1 Å². The minimum atomic E-state index is -3.51. The molecule has 34 heavy (non-hydrogen) atoms. The maximum absolute atomic E-state index is 12.6. The molecule has 0 saturated carbocycles. The topological polar surface area (TPSA) is 75.4 Å². The predicted octanol–water partition coefficient (Wildman–Crippen LogP) is 7.65. The third-order valence-electron chi connectivity index (χ3n) is 6.74. The van der Waals surface area contributed by atoms with Gasteiger partial charge in [-0.15, -0.1) is 0 Å². The molecule has 0 radical (unpaired) electrons. The van der Waals surface area contributed by atoms with Gasteiger partial charge in [0.25, 0.3) is 0 Å². The van der Waals surface area contributed by atoms with Crippen LogP contribution in [-0.2, 0) is 10.0 Å². The minimum absolute atomic E-state index is 0.248. The molecule has 5 nitrogen and oxygen atoms in total. The lowest BCUT2D eigenvalue weighted by Gasteiger charge is -2.23. The third-order valence-corrected chi connectivity index (χ3v) is 8.19. The molecule has 1 rings (SSSR count). The molecule has 3 N–H and O–H groups in total. The van der Waals surface area contributed by atoms with Gasteiger partial charge in [0, 0.05) is 19.6 Å². The molecule has 0 aromatic heterocycles. The van der Waals surface area contributed by atoms with Gasteiger partial charge in [-0.25, -0.2) is 13.1 Å². The molecule has 0 heterocycles. The van der Waals surface area contributed by atoms with Crippen molar-refractivity contribution in [2.45, 2.75) is 128 Å². The van der Waals surface area contributed by atoms with E-state index in [9.17, 15) is 8.42 Å². The van der Waals surface area contributed by atoms with E-state index in [0.29, 0.717) is 12.2 Å². The van der Waals surface area contributed by atoms with Crippen LogP contribution in [0.1, 0.15) is 124 Å². The Labute approximate surface area is 211 Å². The molecular weight excluding hydrogens is 442 g/mol. The maximum atomic E-state index is 12.6. The molecular formula is C28H53N3O2S. The fraction of sp³-hybridized carbons (Fsp3) is 0.786. The lowest BCUT2D eigenvalue weighted by atomic mass is 10.0. The van der Waals surface area contributed by atoms with Crippen molar-refractivity contribution >= 4 is 21.4 Å². The standard InChI is InChI=1S/C28H53N3O2S/c1-4-7-8-9-10-11-12-13-14-15-16-17-18-19-20-21-24-30-34(32,33)26-22-23-28(27(29)25-26)31(5-2)6-3/h22-23,25,30H,4-21,24,29H2,1-3H3. The van der Waals surface area contributed by atoms with E-state index >= 15 is 0 Å². The molecule has 0 saturated heterocycles. The van der Waals surface area contributed by atoms with Gasteiger partial charge in [-0.1, -0.05) is 103 Å². The highest BCUT2D eigenvalue weighted by atomic mass is 32.2. The van der Waals surface area contributed by atoms with Crippen LogP contribution in [0.25, 0.3) is 0 Å². The molecule has 0 aliphatic carbocycles. The summed E-state index contributed by atoms with van der Waals surface area (Å²) in [5.41, 5.74) is 7.53. The summed E-state index contributed by atoms with van der Waals surface area (Å²) in [5, 5.41) is 0. The molecule has 1 aromatic rings. The summed E-state index contributed by atoms with van der Waals surface area (Å²) in [6.45, 7) is 8.56. The van der Waals surface area contributed by atoms with Crippen LogP contribution in [0.5, 0.6) is 0 Å². The van der Waals surface area contributed by atoms with Crippen LogP contribution >= 0.6 is 0 Å². The first kappa shape index (κ1) is 30.8. The van der Waals surface area contributed by atoms with E-state index in [0.717, 1.165) is 31.6 Å². The monoisotopic (exact) mass is 495 g/mol. The first-order chi connectivity index (χ1) is 16.5. The van der Waals surface area contributed by atoms with Gasteiger partial charge in [0.2, 0.25) is 10.0 Å². The summed E-state index contributed by atoms with van der Waals surface area (Å²) in [6.07, 6.45) is 21.0. The highest BCUT2D eigenvalue weighted by molar-refractivity contribution is 7.89. The number of hydrogen-bond acceptors (Lipinski definition) is 4. The molecule has 6 heteroatoms. The molecule has 0 bridgehead atoms. The zero-order valence-electron chi connectivity index (χ0n) is 22.4. The van der Waals surface area contributed by atoms with Crippen LogP contribution in [-0.4, -0.2) is 28.1 Å². The lowest BCUT2D eigenvalue weighted by Crippen LogP contribution is -2.26. The average Bonchev–Trinajstić information content (AvgIpc) is 2.82. The highest BCUT2D eigenvalue weighted by Gasteiger charge is 2.16. The molecule has 0 atom stereocenters. The third kappa shape index (κ3) is 13.0. The summed E-state index contributed by atoms with van der Waals surface area (Å²) in [6, 6.07) is 5.04. The number of anilines is 2. The number of rotatable bonds is 22. The smallest absolute Gasteiger partial charge is 0.240 e. The molecule has 0 unspecified atom stereocenters. The van der Waals surface area contributed by atoms with Crippen LogP contribution in [0.4, 0.5) is 11.4 Å². The van der Waals surface area contributed by atoms with E-state index < -0.39 is 10.0 Å². The molecule has 0 amide bonds. The van der Waals surface area contributed by atoms with Crippen molar-refractivity contribution in [3.05, 3.63) is 18.2 Å². The van der Waals surface area contributed by atoms with Gasteiger partial charge in [0.15, 0.2) is 0 Å². The van der Waals surface area contributed by atoms with Crippen molar-refractivity contribution in [2.75, 3.05) is 30.3 Å². The number of unbranched alkanes of at least 4 members (excludes halogenated alkanes) is 15. The number of benzene rings is 1. The largest absolute Gasteiger partial charge is 0.397 e. The Bertz CT molecular complexity index is 733. The number of nitrogens with one attached hydrogen (secondary N) is 1. The fourth-order valence-electron chi connectivity index (χ4n) is 4.52. The second-order valence-electron chi connectivity index (χ2n) is 9.59. The zero-order valence-corrected chi connectivity index (χ0v) is 23.2. The number of nitrogens with two attached hydrogens (primary N) is 1. The number of sulfonamides is 1. The van der Waals surface area contributed by atoms with Gasteiger partial charge < -0.3 is 10.6 Å². The summed E-state index contributed by atoms with van der Waals surface area (Å²) < 4.78 is 27.9. The van der Waals surface area contributed by atoms with Gasteiger partial charge in [0.05, 0.1) is 16.3 Å². The Balaban J connectivity index is 2.06. The van der Waals surface area contributed by atoms with Crippen molar-refractivity contribution in [1.29, 1.82) is 0 Å². The van der Waals surface area contributed by atoms with Gasteiger partial charge in [0.1, 0.15) is 0 Å². The Morgan fingerprint density at radius 1 is 0.706 bits per heavy atom. The molecule has 1 aromatic carbocycles. The number of hydrogen-bond donors (Lipinski definition) is 2. The Kier molecular flexibility index (Phi) is 17.2. The van der Waals surface area contributed by atoms with E-state index in [-0.39, 0.29) is 4.90 Å². The lowest BCUT2D eigenvalue weighted by molar-refractivity contribution is 0.528. The van der Waals surface area contributed by atoms with Crippen LogP contribution < -0.4 is 15.4 Å².